The quantitative estimate of drug-likeness (QED) is 0.0236. The first kappa shape index (κ1) is 38.9. The van der Waals surface area contributed by atoms with Crippen LogP contribution in [-0.2, 0) is 4.79 Å². The predicted octanol–water partition coefficient (Wildman–Crippen LogP) is 12.2. The van der Waals surface area contributed by atoms with Gasteiger partial charge >= 0.3 is 0 Å². The van der Waals surface area contributed by atoms with Gasteiger partial charge in [-0.05, 0) is 19.3 Å². The lowest BCUT2D eigenvalue weighted by atomic mass is 10.0. The SMILES string of the molecule is O=C(CCCCCCCCCCCCCCCCCCCCCCCCCCCCCCCCC(=S)S)NO. The summed E-state index contributed by atoms with van der Waals surface area (Å²) in [6.45, 7) is 0. The average molecular weight is 586 g/mol. The number of amides is 1. The van der Waals surface area contributed by atoms with Crippen LogP contribution in [0.5, 0.6) is 0 Å². The molecule has 0 bridgehead atoms. The van der Waals surface area contributed by atoms with Crippen LogP contribution in [0.15, 0.2) is 0 Å². The first-order valence-electron chi connectivity index (χ1n) is 17.3. The molecule has 0 heterocycles. The molecule has 0 radical (unpaired) electrons. The van der Waals surface area contributed by atoms with E-state index in [1.807, 2.05) is 0 Å². The summed E-state index contributed by atoms with van der Waals surface area (Å²) < 4.78 is 0.872. The minimum Gasteiger partial charge on any atom is -0.289 e. The number of hydrogen-bond acceptors (Lipinski definition) is 3. The van der Waals surface area contributed by atoms with Crippen molar-refractivity contribution >= 4 is 35.0 Å². The zero-order valence-electron chi connectivity index (χ0n) is 25.8. The average Bonchev–Trinajstić information content (AvgIpc) is 2.93. The van der Waals surface area contributed by atoms with E-state index in [9.17, 15) is 4.79 Å². The van der Waals surface area contributed by atoms with Crippen molar-refractivity contribution in [1.82, 2.24) is 5.48 Å². The normalized spacial score (nSPS) is 11.2. The molecule has 0 aliphatic carbocycles. The molecule has 0 aliphatic rings. The van der Waals surface area contributed by atoms with Crippen LogP contribution in [0.3, 0.4) is 0 Å². The van der Waals surface area contributed by atoms with Crippen LogP contribution in [0.2, 0.25) is 0 Å². The third kappa shape index (κ3) is 35.8. The molecule has 0 unspecified atom stereocenters. The van der Waals surface area contributed by atoms with E-state index in [0.717, 1.165) is 23.5 Å². The Balaban J connectivity index is 3.05. The Morgan fingerprint density at radius 1 is 0.410 bits per heavy atom. The Bertz CT molecular complexity index is 515. The number of carbonyl (C=O) groups is 1. The lowest BCUT2D eigenvalue weighted by Crippen LogP contribution is -2.17. The highest BCUT2D eigenvalue weighted by molar-refractivity contribution is 8.11. The lowest BCUT2D eigenvalue weighted by molar-refractivity contribution is -0.129. The van der Waals surface area contributed by atoms with Gasteiger partial charge in [0, 0.05) is 10.6 Å². The lowest BCUT2D eigenvalue weighted by Gasteiger charge is -2.05. The highest BCUT2D eigenvalue weighted by Crippen LogP contribution is 2.17. The van der Waals surface area contributed by atoms with E-state index in [4.69, 9.17) is 17.4 Å². The monoisotopic (exact) mass is 585 g/mol. The molecule has 232 valence electrons. The maximum Gasteiger partial charge on any atom is 0.243 e. The van der Waals surface area contributed by atoms with Crippen molar-refractivity contribution in [3.63, 3.8) is 0 Å². The van der Waals surface area contributed by atoms with Crippen LogP contribution in [0, 0.1) is 0 Å². The summed E-state index contributed by atoms with van der Waals surface area (Å²) in [4.78, 5) is 10.9. The zero-order valence-corrected chi connectivity index (χ0v) is 27.5. The van der Waals surface area contributed by atoms with Gasteiger partial charge in [0.05, 0.1) is 0 Å². The van der Waals surface area contributed by atoms with Crippen LogP contribution in [0.1, 0.15) is 205 Å². The van der Waals surface area contributed by atoms with E-state index in [-0.39, 0.29) is 5.91 Å². The summed E-state index contributed by atoms with van der Waals surface area (Å²) in [7, 11) is 0. The van der Waals surface area contributed by atoms with Crippen molar-refractivity contribution < 1.29 is 10.0 Å². The third-order valence-corrected chi connectivity index (χ3v) is 8.60. The van der Waals surface area contributed by atoms with E-state index >= 15 is 0 Å². The minimum absolute atomic E-state index is 0.257. The Hall–Kier alpha value is -0.130. The molecule has 0 fully saturated rings. The minimum atomic E-state index is -0.257. The van der Waals surface area contributed by atoms with Gasteiger partial charge in [0.2, 0.25) is 5.91 Å². The molecule has 0 aromatic rings. The fourth-order valence-corrected chi connectivity index (χ4v) is 5.87. The van der Waals surface area contributed by atoms with Crippen LogP contribution in [0.25, 0.3) is 0 Å². The molecule has 0 saturated carbocycles. The molecule has 0 aliphatic heterocycles. The van der Waals surface area contributed by atoms with Gasteiger partial charge in [-0.15, -0.1) is 12.6 Å². The van der Waals surface area contributed by atoms with Gasteiger partial charge in [0.25, 0.3) is 0 Å². The molecule has 0 rings (SSSR count). The molecule has 39 heavy (non-hydrogen) atoms. The summed E-state index contributed by atoms with van der Waals surface area (Å²) in [6.07, 6.45) is 42.8. The molecule has 0 aromatic carbocycles. The molecule has 1 amide bonds. The molecule has 0 aromatic heterocycles. The molecule has 3 nitrogen and oxygen atoms in total. The molecule has 0 saturated heterocycles. The number of hydrogen-bond donors (Lipinski definition) is 3. The maximum atomic E-state index is 10.9. The molecular formula is C34H67NO2S2. The molecule has 2 N–H and O–H groups in total. The van der Waals surface area contributed by atoms with Crippen molar-refractivity contribution in [1.29, 1.82) is 0 Å². The Morgan fingerprint density at radius 3 is 0.769 bits per heavy atom. The topological polar surface area (TPSA) is 49.3 Å². The number of unbranched alkanes of at least 4 members (excludes halogenated alkanes) is 29. The molecular weight excluding hydrogens is 519 g/mol. The Kier molecular flexibility index (Phi) is 34.0. The van der Waals surface area contributed by atoms with Crippen LogP contribution >= 0.6 is 24.8 Å². The highest BCUT2D eigenvalue weighted by atomic mass is 32.1. The van der Waals surface area contributed by atoms with Crippen molar-refractivity contribution in [2.24, 2.45) is 0 Å². The van der Waals surface area contributed by atoms with Crippen LogP contribution in [-0.4, -0.2) is 15.3 Å². The Labute approximate surface area is 255 Å². The van der Waals surface area contributed by atoms with Gasteiger partial charge in [0.1, 0.15) is 0 Å². The van der Waals surface area contributed by atoms with E-state index < -0.39 is 0 Å². The smallest absolute Gasteiger partial charge is 0.243 e. The van der Waals surface area contributed by atoms with Crippen molar-refractivity contribution in [3.05, 3.63) is 0 Å². The van der Waals surface area contributed by atoms with Gasteiger partial charge in [0.15, 0.2) is 0 Å². The molecule has 5 heteroatoms. The number of thiocarbonyl (C=S) groups is 1. The van der Waals surface area contributed by atoms with Gasteiger partial charge in [-0.2, -0.15) is 0 Å². The van der Waals surface area contributed by atoms with Gasteiger partial charge in [-0.1, -0.05) is 192 Å². The molecule has 0 atom stereocenters. The third-order valence-electron chi connectivity index (χ3n) is 8.17. The zero-order chi connectivity index (χ0) is 28.5. The Morgan fingerprint density at radius 2 is 0.590 bits per heavy atom. The second kappa shape index (κ2) is 34.1. The maximum absolute atomic E-state index is 10.9. The predicted molar refractivity (Wildman–Crippen MR) is 179 cm³/mol. The fraction of sp³-hybridized carbons (Fsp3) is 0.941. The van der Waals surface area contributed by atoms with Gasteiger partial charge in [-0.3, -0.25) is 10.0 Å². The first-order valence-corrected chi connectivity index (χ1v) is 18.2. The standard InChI is InChI=1S/C34H67NO2S2/c36-33(35-37)31-29-27-25-23-21-19-17-15-13-11-9-7-5-3-1-2-4-6-8-10-12-14-16-18-20-22-24-26-28-30-32-34(38)39/h37H,1-32H2,(H,35,36)(H,38,39). The summed E-state index contributed by atoms with van der Waals surface area (Å²) in [5.41, 5.74) is 1.70. The molecule has 0 spiro atoms. The first-order chi connectivity index (χ1) is 19.2. The summed E-state index contributed by atoms with van der Waals surface area (Å²) >= 11 is 9.20. The fourth-order valence-electron chi connectivity index (χ4n) is 5.57. The number of rotatable bonds is 33. The number of carbonyl (C=O) groups excluding carboxylic acids is 1. The summed E-state index contributed by atoms with van der Waals surface area (Å²) in [5, 5.41) is 8.45. The number of thiol groups is 1. The van der Waals surface area contributed by atoms with Crippen molar-refractivity contribution in [3.8, 4) is 0 Å². The van der Waals surface area contributed by atoms with E-state index in [1.165, 1.54) is 180 Å². The van der Waals surface area contributed by atoms with Crippen LogP contribution in [0.4, 0.5) is 0 Å². The summed E-state index contributed by atoms with van der Waals surface area (Å²) in [5.74, 6) is -0.257. The van der Waals surface area contributed by atoms with E-state index in [2.05, 4.69) is 12.6 Å². The highest BCUT2D eigenvalue weighted by Gasteiger charge is 1.99. The van der Waals surface area contributed by atoms with E-state index in [0.29, 0.717) is 6.42 Å². The second-order valence-corrected chi connectivity index (χ2v) is 13.4. The second-order valence-electron chi connectivity index (χ2n) is 12.0. The summed E-state index contributed by atoms with van der Waals surface area (Å²) in [6, 6.07) is 0. The van der Waals surface area contributed by atoms with E-state index in [1.54, 1.807) is 5.48 Å². The van der Waals surface area contributed by atoms with Crippen molar-refractivity contribution in [2.75, 3.05) is 0 Å². The van der Waals surface area contributed by atoms with Gasteiger partial charge in [-0.25, -0.2) is 5.48 Å². The van der Waals surface area contributed by atoms with Crippen molar-refractivity contribution in [2.45, 2.75) is 205 Å². The largest absolute Gasteiger partial charge is 0.289 e. The number of nitrogens with one attached hydrogen (secondary N) is 1. The number of hydroxylamine groups is 1. The van der Waals surface area contributed by atoms with Gasteiger partial charge < -0.3 is 0 Å². The van der Waals surface area contributed by atoms with Crippen LogP contribution < -0.4 is 5.48 Å².